The van der Waals surface area contributed by atoms with Gasteiger partial charge >= 0.3 is 0 Å². The Morgan fingerprint density at radius 3 is 2.79 bits per heavy atom. The van der Waals surface area contributed by atoms with E-state index in [0.29, 0.717) is 11.4 Å². The number of pyridine rings is 1. The molecule has 3 aromatic rings. The van der Waals surface area contributed by atoms with Crippen LogP contribution in [0.15, 0.2) is 61.3 Å². The Balaban J connectivity index is 1.79. The van der Waals surface area contributed by atoms with Gasteiger partial charge < -0.3 is 5.32 Å². The van der Waals surface area contributed by atoms with Gasteiger partial charge in [-0.15, -0.1) is 0 Å². The fraction of sp³-hybridized carbons (Fsp3) is 0.222. The number of carbonyl (C=O) groups is 1. The van der Waals surface area contributed by atoms with Crippen LogP contribution in [0.4, 0.5) is 0 Å². The normalized spacial score (nSPS) is 11.9. The number of nitrogens with zero attached hydrogens (tertiary/aromatic N) is 4. The van der Waals surface area contributed by atoms with Crippen molar-refractivity contribution in [3.63, 3.8) is 0 Å². The zero-order valence-electron chi connectivity index (χ0n) is 13.5. The lowest BCUT2D eigenvalue weighted by Crippen LogP contribution is -2.28. The molecule has 0 saturated heterocycles. The van der Waals surface area contributed by atoms with Gasteiger partial charge in [0, 0.05) is 11.8 Å². The van der Waals surface area contributed by atoms with Crippen molar-refractivity contribution in [2.45, 2.75) is 25.8 Å². The van der Waals surface area contributed by atoms with Crippen molar-refractivity contribution in [1.29, 1.82) is 0 Å². The highest BCUT2D eigenvalue weighted by Crippen LogP contribution is 2.19. The maximum absolute atomic E-state index is 12.6. The summed E-state index contributed by atoms with van der Waals surface area (Å²) in [6, 6.07) is 13.4. The Labute approximate surface area is 140 Å². The number of aromatic nitrogens is 4. The molecule has 24 heavy (non-hydrogen) atoms. The number of hydrogen-bond donors (Lipinski definition) is 1. The summed E-state index contributed by atoms with van der Waals surface area (Å²) in [5.74, 6) is 0.438. The molecule has 6 heteroatoms. The van der Waals surface area contributed by atoms with Crippen LogP contribution in [0, 0.1) is 0 Å². The molecule has 0 bridgehead atoms. The molecular weight excluding hydrogens is 302 g/mol. The molecule has 122 valence electrons. The fourth-order valence-electron chi connectivity index (χ4n) is 2.55. The summed E-state index contributed by atoms with van der Waals surface area (Å²) in [5.41, 5.74) is 1.66. The average molecular weight is 321 g/mol. The number of amides is 1. The number of benzene rings is 1. The predicted molar refractivity (Wildman–Crippen MR) is 90.7 cm³/mol. The van der Waals surface area contributed by atoms with Crippen LogP contribution in [0.1, 0.15) is 41.7 Å². The summed E-state index contributed by atoms with van der Waals surface area (Å²) in [4.78, 5) is 20.8. The Bertz CT molecular complexity index is 786. The third-order valence-corrected chi connectivity index (χ3v) is 3.75. The van der Waals surface area contributed by atoms with E-state index in [0.717, 1.165) is 18.4 Å². The van der Waals surface area contributed by atoms with E-state index in [1.807, 2.05) is 30.3 Å². The Morgan fingerprint density at radius 2 is 2.08 bits per heavy atom. The first-order valence-corrected chi connectivity index (χ1v) is 7.95. The van der Waals surface area contributed by atoms with E-state index in [9.17, 15) is 4.79 Å². The minimum absolute atomic E-state index is 0.00770. The van der Waals surface area contributed by atoms with Crippen LogP contribution in [0.2, 0.25) is 0 Å². The minimum Gasteiger partial charge on any atom is -0.345 e. The number of hydrogen-bond acceptors (Lipinski definition) is 4. The van der Waals surface area contributed by atoms with Crippen LogP contribution in [0.3, 0.4) is 0 Å². The summed E-state index contributed by atoms with van der Waals surface area (Å²) in [5, 5.41) is 7.15. The van der Waals surface area contributed by atoms with Gasteiger partial charge in [-0.3, -0.25) is 4.79 Å². The quantitative estimate of drug-likeness (QED) is 0.757. The van der Waals surface area contributed by atoms with Gasteiger partial charge in [0.25, 0.3) is 5.91 Å². The second kappa shape index (κ2) is 7.50. The van der Waals surface area contributed by atoms with E-state index >= 15 is 0 Å². The molecule has 1 aromatic carbocycles. The number of nitrogens with one attached hydrogen (secondary N) is 1. The molecular formula is C18H19N5O. The van der Waals surface area contributed by atoms with Gasteiger partial charge in [0.1, 0.15) is 12.7 Å². The van der Waals surface area contributed by atoms with E-state index < -0.39 is 0 Å². The SMILES string of the molecule is CCC[C@@H](NC(=O)c1ccnc(-n2cncn2)c1)c1ccccc1. The number of carbonyl (C=O) groups excluding carboxylic acids is 1. The van der Waals surface area contributed by atoms with E-state index in [4.69, 9.17) is 0 Å². The predicted octanol–water partition coefficient (Wildman–Crippen LogP) is 2.93. The first-order chi connectivity index (χ1) is 11.8. The molecule has 0 fully saturated rings. The fourth-order valence-corrected chi connectivity index (χ4v) is 2.55. The van der Waals surface area contributed by atoms with Gasteiger partial charge in [0.2, 0.25) is 0 Å². The smallest absolute Gasteiger partial charge is 0.251 e. The summed E-state index contributed by atoms with van der Waals surface area (Å²) >= 11 is 0. The highest BCUT2D eigenvalue weighted by Gasteiger charge is 2.15. The molecule has 0 spiro atoms. The highest BCUT2D eigenvalue weighted by molar-refractivity contribution is 5.94. The molecule has 1 N–H and O–H groups in total. The molecule has 1 atom stereocenters. The van der Waals surface area contributed by atoms with Gasteiger partial charge in [-0.1, -0.05) is 43.7 Å². The van der Waals surface area contributed by atoms with Crippen LogP contribution in [-0.2, 0) is 0 Å². The average Bonchev–Trinajstić information content (AvgIpc) is 3.17. The molecule has 2 aromatic heterocycles. The zero-order valence-corrected chi connectivity index (χ0v) is 13.5. The van der Waals surface area contributed by atoms with Crippen LogP contribution >= 0.6 is 0 Å². The Morgan fingerprint density at radius 1 is 1.25 bits per heavy atom. The van der Waals surface area contributed by atoms with Crippen LogP contribution < -0.4 is 5.32 Å². The lowest BCUT2D eigenvalue weighted by atomic mass is 10.0. The molecule has 2 heterocycles. The van der Waals surface area contributed by atoms with Gasteiger partial charge in [-0.25, -0.2) is 14.6 Å². The molecule has 3 rings (SSSR count). The van der Waals surface area contributed by atoms with Crippen molar-refractivity contribution in [2.24, 2.45) is 0 Å². The first-order valence-electron chi connectivity index (χ1n) is 7.95. The van der Waals surface area contributed by atoms with Crippen molar-refractivity contribution in [2.75, 3.05) is 0 Å². The standard InChI is InChI=1S/C18H19N5O/c1-2-6-16(14-7-4-3-5-8-14)22-18(24)15-9-10-20-17(11-15)23-13-19-12-21-23/h3-5,7-13,16H,2,6H2,1H3,(H,22,24)/t16-/m1/s1. The molecule has 0 unspecified atom stereocenters. The second-order valence-corrected chi connectivity index (χ2v) is 5.47. The summed E-state index contributed by atoms with van der Waals surface area (Å²) in [7, 11) is 0. The summed E-state index contributed by atoms with van der Waals surface area (Å²) < 4.78 is 1.53. The van der Waals surface area contributed by atoms with Crippen LogP contribution in [0.25, 0.3) is 5.82 Å². The lowest BCUT2D eigenvalue weighted by Gasteiger charge is -2.18. The Kier molecular flexibility index (Phi) is 4.96. The van der Waals surface area contributed by atoms with E-state index in [1.54, 1.807) is 24.7 Å². The first kappa shape index (κ1) is 15.9. The van der Waals surface area contributed by atoms with Crippen molar-refractivity contribution in [3.05, 3.63) is 72.4 Å². The molecule has 0 saturated carbocycles. The van der Waals surface area contributed by atoms with E-state index in [-0.39, 0.29) is 11.9 Å². The third kappa shape index (κ3) is 3.65. The van der Waals surface area contributed by atoms with Gasteiger partial charge in [-0.2, -0.15) is 5.10 Å². The Hall–Kier alpha value is -3.02. The highest BCUT2D eigenvalue weighted by atomic mass is 16.1. The molecule has 0 aliphatic heterocycles. The maximum Gasteiger partial charge on any atom is 0.251 e. The van der Waals surface area contributed by atoms with Crippen molar-refractivity contribution < 1.29 is 4.79 Å². The maximum atomic E-state index is 12.6. The minimum atomic E-state index is -0.124. The molecule has 0 radical (unpaired) electrons. The zero-order chi connectivity index (χ0) is 16.8. The van der Waals surface area contributed by atoms with Crippen LogP contribution in [0.5, 0.6) is 0 Å². The van der Waals surface area contributed by atoms with Crippen LogP contribution in [-0.4, -0.2) is 25.7 Å². The lowest BCUT2D eigenvalue weighted by molar-refractivity contribution is 0.0934. The van der Waals surface area contributed by atoms with E-state index in [2.05, 4.69) is 27.3 Å². The largest absolute Gasteiger partial charge is 0.345 e. The third-order valence-electron chi connectivity index (χ3n) is 3.75. The summed E-state index contributed by atoms with van der Waals surface area (Å²) in [6.07, 6.45) is 6.45. The second-order valence-electron chi connectivity index (χ2n) is 5.47. The molecule has 0 aliphatic carbocycles. The van der Waals surface area contributed by atoms with E-state index in [1.165, 1.54) is 11.0 Å². The summed E-state index contributed by atoms with van der Waals surface area (Å²) in [6.45, 7) is 2.11. The van der Waals surface area contributed by atoms with Gasteiger partial charge in [-0.05, 0) is 24.1 Å². The van der Waals surface area contributed by atoms with Gasteiger partial charge in [0.15, 0.2) is 5.82 Å². The molecule has 6 nitrogen and oxygen atoms in total. The van der Waals surface area contributed by atoms with Crippen molar-refractivity contribution in [3.8, 4) is 5.82 Å². The molecule has 1 amide bonds. The van der Waals surface area contributed by atoms with Gasteiger partial charge in [0.05, 0.1) is 6.04 Å². The monoisotopic (exact) mass is 321 g/mol. The topological polar surface area (TPSA) is 72.7 Å². The molecule has 0 aliphatic rings. The van der Waals surface area contributed by atoms with Crippen molar-refractivity contribution in [1.82, 2.24) is 25.1 Å². The number of rotatable bonds is 6. The van der Waals surface area contributed by atoms with Crippen molar-refractivity contribution >= 4 is 5.91 Å².